The number of aromatic nitrogens is 1. The Morgan fingerprint density at radius 1 is 1.62 bits per heavy atom. The van der Waals surface area contributed by atoms with Crippen LogP contribution in [0.5, 0.6) is 0 Å². The Balaban J connectivity index is 2.92. The van der Waals surface area contributed by atoms with Crippen molar-refractivity contribution in [2.24, 2.45) is 0 Å². The van der Waals surface area contributed by atoms with Crippen molar-refractivity contribution in [3.63, 3.8) is 0 Å². The van der Waals surface area contributed by atoms with Crippen LogP contribution in [-0.2, 0) is 0 Å². The SMILES string of the molecule is CNCCC#Cc1cncc([N+](=O)[O-])c1N. The fraction of sp³-hybridized carbons (Fsp3) is 0.300. The number of nitrogens with one attached hydrogen (secondary N) is 1. The molecular weight excluding hydrogens is 208 g/mol. The van der Waals surface area contributed by atoms with Crippen LogP contribution in [0.4, 0.5) is 11.4 Å². The molecule has 6 nitrogen and oxygen atoms in total. The Kier molecular flexibility index (Phi) is 4.24. The number of hydrogen-bond donors (Lipinski definition) is 2. The summed E-state index contributed by atoms with van der Waals surface area (Å²) in [5.41, 5.74) is 5.85. The fourth-order valence-corrected chi connectivity index (χ4v) is 1.05. The molecule has 0 aliphatic rings. The summed E-state index contributed by atoms with van der Waals surface area (Å²) in [6, 6.07) is 0. The summed E-state index contributed by atoms with van der Waals surface area (Å²) < 4.78 is 0. The van der Waals surface area contributed by atoms with Crippen molar-refractivity contribution in [3.05, 3.63) is 28.1 Å². The van der Waals surface area contributed by atoms with E-state index >= 15 is 0 Å². The van der Waals surface area contributed by atoms with Gasteiger partial charge in [-0.15, -0.1) is 0 Å². The lowest BCUT2D eigenvalue weighted by Gasteiger charge is -1.98. The highest BCUT2D eigenvalue weighted by molar-refractivity contribution is 5.66. The zero-order valence-electron chi connectivity index (χ0n) is 8.86. The second kappa shape index (κ2) is 5.68. The summed E-state index contributed by atoms with van der Waals surface area (Å²) >= 11 is 0. The van der Waals surface area contributed by atoms with E-state index in [0.717, 1.165) is 12.7 Å². The lowest BCUT2D eigenvalue weighted by atomic mass is 10.2. The molecule has 0 bridgehead atoms. The molecule has 16 heavy (non-hydrogen) atoms. The first-order valence-corrected chi connectivity index (χ1v) is 4.68. The van der Waals surface area contributed by atoms with Gasteiger partial charge in [-0.1, -0.05) is 11.8 Å². The van der Waals surface area contributed by atoms with Gasteiger partial charge in [0.1, 0.15) is 11.9 Å². The van der Waals surface area contributed by atoms with E-state index in [0.29, 0.717) is 12.0 Å². The fourth-order valence-electron chi connectivity index (χ4n) is 1.05. The van der Waals surface area contributed by atoms with Gasteiger partial charge >= 0.3 is 5.69 Å². The molecule has 0 saturated heterocycles. The Morgan fingerprint density at radius 2 is 2.38 bits per heavy atom. The number of nitro groups is 1. The molecule has 3 N–H and O–H groups in total. The number of anilines is 1. The molecule has 0 spiro atoms. The average Bonchev–Trinajstić information content (AvgIpc) is 2.26. The van der Waals surface area contributed by atoms with Crippen molar-refractivity contribution in [2.45, 2.75) is 6.42 Å². The van der Waals surface area contributed by atoms with E-state index in [2.05, 4.69) is 22.1 Å². The van der Waals surface area contributed by atoms with E-state index in [1.54, 1.807) is 0 Å². The summed E-state index contributed by atoms with van der Waals surface area (Å²) in [5.74, 6) is 5.62. The first kappa shape index (κ1) is 11.9. The molecule has 84 valence electrons. The molecule has 1 aromatic rings. The molecule has 0 unspecified atom stereocenters. The van der Waals surface area contributed by atoms with Crippen LogP contribution in [0.15, 0.2) is 12.4 Å². The molecule has 0 atom stereocenters. The van der Waals surface area contributed by atoms with Gasteiger partial charge in [0.05, 0.1) is 10.5 Å². The maximum atomic E-state index is 10.6. The molecule has 1 heterocycles. The van der Waals surface area contributed by atoms with Crippen LogP contribution in [0.1, 0.15) is 12.0 Å². The van der Waals surface area contributed by atoms with Crippen molar-refractivity contribution >= 4 is 11.4 Å². The Morgan fingerprint density at radius 3 is 3.00 bits per heavy atom. The third kappa shape index (κ3) is 2.93. The van der Waals surface area contributed by atoms with E-state index in [1.807, 2.05) is 7.05 Å². The van der Waals surface area contributed by atoms with Crippen LogP contribution in [-0.4, -0.2) is 23.5 Å². The van der Waals surface area contributed by atoms with Crippen LogP contribution in [0, 0.1) is 22.0 Å². The van der Waals surface area contributed by atoms with E-state index in [9.17, 15) is 10.1 Å². The largest absolute Gasteiger partial charge is 0.392 e. The van der Waals surface area contributed by atoms with E-state index in [1.165, 1.54) is 6.20 Å². The maximum Gasteiger partial charge on any atom is 0.311 e. The smallest absolute Gasteiger partial charge is 0.311 e. The molecule has 6 heteroatoms. The summed E-state index contributed by atoms with van der Waals surface area (Å²) in [6.45, 7) is 0.759. The first-order chi connectivity index (χ1) is 7.66. The third-order valence-electron chi connectivity index (χ3n) is 1.89. The Labute approximate surface area is 93.0 Å². The number of nitrogens with two attached hydrogens (primary N) is 1. The van der Waals surface area contributed by atoms with Crippen LogP contribution in [0.3, 0.4) is 0 Å². The van der Waals surface area contributed by atoms with Gasteiger partial charge in [-0.25, -0.2) is 0 Å². The lowest BCUT2D eigenvalue weighted by molar-refractivity contribution is -0.384. The molecule has 0 aromatic carbocycles. The molecular formula is C10H12N4O2. The maximum absolute atomic E-state index is 10.6. The van der Waals surface area contributed by atoms with Gasteiger partial charge < -0.3 is 11.1 Å². The van der Waals surface area contributed by atoms with E-state index in [-0.39, 0.29) is 11.4 Å². The van der Waals surface area contributed by atoms with Crippen LogP contribution in [0.2, 0.25) is 0 Å². The summed E-state index contributed by atoms with van der Waals surface area (Å²) in [7, 11) is 1.82. The van der Waals surface area contributed by atoms with Gasteiger partial charge in [0.2, 0.25) is 0 Å². The normalized spacial score (nSPS) is 9.31. The number of nitrogen functional groups attached to an aromatic ring is 1. The first-order valence-electron chi connectivity index (χ1n) is 4.68. The zero-order valence-corrected chi connectivity index (χ0v) is 8.86. The highest BCUT2D eigenvalue weighted by Gasteiger charge is 2.13. The topological polar surface area (TPSA) is 94.1 Å². The highest BCUT2D eigenvalue weighted by Crippen LogP contribution is 2.22. The van der Waals surface area contributed by atoms with Crippen LogP contribution < -0.4 is 11.1 Å². The van der Waals surface area contributed by atoms with E-state index < -0.39 is 4.92 Å². The number of nitrogens with zero attached hydrogens (tertiary/aromatic N) is 2. The van der Waals surface area contributed by atoms with E-state index in [4.69, 9.17) is 5.73 Å². The standard InChI is InChI=1S/C10H12N4O2/c1-12-5-3-2-4-8-6-13-7-9(10(8)11)14(15)16/h6-7,12H,3,5H2,1H3,(H2,11,13). The molecule has 0 aliphatic carbocycles. The minimum absolute atomic E-state index is 0.0666. The average molecular weight is 220 g/mol. The van der Waals surface area contributed by atoms with Crippen molar-refractivity contribution in [2.75, 3.05) is 19.3 Å². The third-order valence-corrected chi connectivity index (χ3v) is 1.89. The molecule has 0 amide bonds. The number of pyridine rings is 1. The Hall–Kier alpha value is -2.13. The predicted molar refractivity (Wildman–Crippen MR) is 60.7 cm³/mol. The van der Waals surface area contributed by atoms with Crippen LogP contribution >= 0.6 is 0 Å². The van der Waals surface area contributed by atoms with Crippen LogP contribution in [0.25, 0.3) is 0 Å². The highest BCUT2D eigenvalue weighted by atomic mass is 16.6. The van der Waals surface area contributed by atoms with Gasteiger partial charge in [-0.3, -0.25) is 15.1 Å². The number of rotatable bonds is 3. The minimum atomic E-state index is -0.568. The molecule has 1 aromatic heterocycles. The van der Waals surface area contributed by atoms with Gasteiger partial charge in [0.25, 0.3) is 0 Å². The van der Waals surface area contributed by atoms with Gasteiger partial charge in [0.15, 0.2) is 0 Å². The zero-order chi connectivity index (χ0) is 12.0. The summed E-state index contributed by atoms with van der Waals surface area (Å²) in [6.07, 6.45) is 3.20. The van der Waals surface area contributed by atoms with Crippen molar-refractivity contribution in [1.29, 1.82) is 0 Å². The van der Waals surface area contributed by atoms with Gasteiger partial charge in [-0.2, -0.15) is 0 Å². The minimum Gasteiger partial charge on any atom is -0.392 e. The lowest BCUT2D eigenvalue weighted by Crippen LogP contribution is -2.06. The summed E-state index contributed by atoms with van der Waals surface area (Å²) in [5, 5.41) is 13.5. The molecule has 0 saturated carbocycles. The monoisotopic (exact) mass is 220 g/mol. The molecule has 0 aliphatic heterocycles. The second-order valence-electron chi connectivity index (χ2n) is 3.03. The van der Waals surface area contributed by atoms with Gasteiger partial charge in [-0.05, 0) is 7.05 Å². The van der Waals surface area contributed by atoms with Crippen molar-refractivity contribution < 1.29 is 4.92 Å². The molecule has 1 rings (SSSR count). The molecule has 0 radical (unpaired) electrons. The predicted octanol–water partition coefficient (Wildman–Crippen LogP) is 0.533. The van der Waals surface area contributed by atoms with Gasteiger partial charge in [0, 0.05) is 19.2 Å². The number of hydrogen-bond acceptors (Lipinski definition) is 5. The van der Waals surface area contributed by atoms with Crippen molar-refractivity contribution in [1.82, 2.24) is 10.3 Å². The summed E-state index contributed by atoms with van der Waals surface area (Å²) in [4.78, 5) is 13.7. The second-order valence-corrected chi connectivity index (χ2v) is 3.03. The van der Waals surface area contributed by atoms with Crippen molar-refractivity contribution in [3.8, 4) is 11.8 Å². The Bertz CT molecular complexity index is 448. The quantitative estimate of drug-likeness (QED) is 0.335. The molecule has 0 fully saturated rings.